The van der Waals surface area contributed by atoms with E-state index in [2.05, 4.69) is 5.32 Å². The van der Waals surface area contributed by atoms with E-state index in [1.807, 2.05) is 18.2 Å². The molecule has 0 saturated carbocycles. The SMILES string of the molecule is CC(=O)Cc1ccc2c(c1)CC(=O)N2. The van der Waals surface area contributed by atoms with Gasteiger partial charge in [-0.25, -0.2) is 0 Å². The Morgan fingerprint density at radius 1 is 1.50 bits per heavy atom. The van der Waals surface area contributed by atoms with Gasteiger partial charge in [0.2, 0.25) is 5.91 Å². The van der Waals surface area contributed by atoms with Gasteiger partial charge in [0.05, 0.1) is 6.42 Å². The van der Waals surface area contributed by atoms with E-state index in [1.54, 1.807) is 6.92 Å². The number of fused-ring (bicyclic) bond motifs is 1. The van der Waals surface area contributed by atoms with Crippen LogP contribution in [0.15, 0.2) is 18.2 Å². The molecule has 0 bridgehead atoms. The lowest BCUT2D eigenvalue weighted by Crippen LogP contribution is -2.03. The number of carbonyl (C=O) groups is 2. The highest BCUT2D eigenvalue weighted by Gasteiger charge is 2.17. The van der Waals surface area contributed by atoms with E-state index >= 15 is 0 Å². The molecule has 0 atom stereocenters. The monoisotopic (exact) mass is 189 g/mol. The third-order valence-electron chi connectivity index (χ3n) is 2.25. The third-order valence-corrected chi connectivity index (χ3v) is 2.25. The molecule has 3 heteroatoms. The van der Waals surface area contributed by atoms with Crippen molar-refractivity contribution in [2.24, 2.45) is 0 Å². The lowest BCUT2D eigenvalue weighted by atomic mass is 10.0. The maximum Gasteiger partial charge on any atom is 0.228 e. The highest BCUT2D eigenvalue weighted by Crippen LogP contribution is 2.23. The summed E-state index contributed by atoms with van der Waals surface area (Å²) in [5, 5.41) is 2.75. The molecule has 1 heterocycles. The van der Waals surface area contributed by atoms with Gasteiger partial charge in [-0.15, -0.1) is 0 Å². The first-order valence-electron chi connectivity index (χ1n) is 4.56. The van der Waals surface area contributed by atoms with Crippen LogP contribution in [0.2, 0.25) is 0 Å². The Morgan fingerprint density at radius 3 is 3.00 bits per heavy atom. The molecule has 1 amide bonds. The van der Waals surface area contributed by atoms with Crippen molar-refractivity contribution in [3.05, 3.63) is 29.3 Å². The maximum absolute atomic E-state index is 11.1. The van der Waals surface area contributed by atoms with Crippen LogP contribution in [0.3, 0.4) is 0 Å². The molecule has 0 fully saturated rings. The highest BCUT2D eigenvalue weighted by molar-refractivity contribution is 5.99. The van der Waals surface area contributed by atoms with Crippen LogP contribution in [0.5, 0.6) is 0 Å². The Kier molecular flexibility index (Phi) is 2.08. The molecule has 0 unspecified atom stereocenters. The molecule has 0 aliphatic carbocycles. The van der Waals surface area contributed by atoms with Gasteiger partial charge in [-0.1, -0.05) is 12.1 Å². The van der Waals surface area contributed by atoms with Crippen LogP contribution in [-0.4, -0.2) is 11.7 Å². The number of carbonyl (C=O) groups excluding carboxylic acids is 2. The third kappa shape index (κ3) is 1.66. The van der Waals surface area contributed by atoms with Crippen molar-refractivity contribution in [3.63, 3.8) is 0 Å². The van der Waals surface area contributed by atoms with E-state index in [4.69, 9.17) is 0 Å². The average Bonchev–Trinajstić information content (AvgIpc) is 2.42. The van der Waals surface area contributed by atoms with E-state index in [1.165, 1.54) is 0 Å². The van der Waals surface area contributed by atoms with Crippen molar-refractivity contribution in [2.75, 3.05) is 5.32 Å². The van der Waals surface area contributed by atoms with Crippen molar-refractivity contribution in [1.82, 2.24) is 0 Å². The second-order valence-corrected chi connectivity index (χ2v) is 3.60. The molecule has 14 heavy (non-hydrogen) atoms. The van der Waals surface area contributed by atoms with Crippen LogP contribution in [-0.2, 0) is 22.4 Å². The fourth-order valence-electron chi connectivity index (χ4n) is 1.68. The Balaban J connectivity index is 2.28. The molecule has 1 N–H and O–H groups in total. The zero-order valence-corrected chi connectivity index (χ0v) is 7.96. The lowest BCUT2D eigenvalue weighted by Gasteiger charge is -2.01. The molecule has 0 spiro atoms. The standard InChI is InChI=1S/C11H11NO2/c1-7(13)4-8-2-3-10-9(5-8)6-11(14)12-10/h2-3,5H,4,6H2,1H3,(H,12,14). The van der Waals surface area contributed by atoms with Gasteiger partial charge in [-0.3, -0.25) is 9.59 Å². The smallest absolute Gasteiger partial charge is 0.228 e. The number of nitrogens with one attached hydrogen (secondary N) is 1. The number of hydrogen-bond donors (Lipinski definition) is 1. The highest BCUT2D eigenvalue weighted by atomic mass is 16.1. The largest absolute Gasteiger partial charge is 0.326 e. The van der Waals surface area contributed by atoms with Crippen molar-refractivity contribution < 1.29 is 9.59 Å². The Morgan fingerprint density at radius 2 is 2.29 bits per heavy atom. The first kappa shape index (κ1) is 8.94. The molecule has 2 rings (SSSR count). The minimum atomic E-state index is 0.0278. The quantitative estimate of drug-likeness (QED) is 0.762. The molecular weight excluding hydrogens is 178 g/mol. The predicted molar refractivity (Wildman–Crippen MR) is 53.2 cm³/mol. The van der Waals surface area contributed by atoms with Gasteiger partial charge >= 0.3 is 0 Å². The van der Waals surface area contributed by atoms with E-state index in [9.17, 15) is 9.59 Å². The summed E-state index contributed by atoms with van der Waals surface area (Å²) in [6.45, 7) is 1.57. The summed E-state index contributed by atoms with van der Waals surface area (Å²) >= 11 is 0. The molecule has 0 aromatic heterocycles. The molecule has 1 aromatic carbocycles. The Hall–Kier alpha value is -1.64. The zero-order valence-electron chi connectivity index (χ0n) is 7.96. The molecule has 72 valence electrons. The van der Waals surface area contributed by atoms with Gasteiger partial charge in [-0.05, 0) is 24.1 Å². The molecule has 3 nitrogen and oxygen atoms in total. The lowest BCUT2D eigenvalue weighted by molar-refractivity contribution is -0.116. The van der Waals surface area contributed by atoms with Crippen LogP contribution >= 0.6 is 0 Å². The minimum absolute atomic E-state index is 0.0278. The van der Waals surface area contributed by atoms with E-state index < -0.39 is 0 Å². The van der Waals surface area contributed by atoms with Crippen LogP contribution in [0.4, 0.5) is 5.69 Å². The zero-order chi connectivity index (χ0) is 10.1. The van der Waals surface area contributed by atoms with Crippen molar-refractivity contribution in [3.8, 4) is 0 Å². The number of rotatable bonds is 2. The summed E-state index contributed by atoms with van der Waals surface area (Å²) in [6.07, 6.45) is 0.878. The summed E-state index contributed by atoms with van der Waals surface area (Å²) < 4.78 is 0. The molecule has 1 aromatic rings. The first-order chi connectivity index (χ1) is 6.65. The molecule has 0 radical (unpaired) electrons. The van der Waals surface area contributed by atoms with E-state index in [-0.39, 0.29) is 11.7 Å². The summed E-state index contributed by atoms with van der Waals surface area (Å²) in [6, 6.07) is 5.67. The van der Waals surface area contributed by atoms with Crippen LogP contribution < -0.4 is 5.32 Å². The first-order valence-corrected chi connectivity index (χ1v) is 4.56. The summed E-state index contributed by atoms with van der Waals surface area (Å²) in [5.41, 5.74) is 2.85. The van der Waals surface area contributed by atoms with Gasteiger partial charge in [0.25, 0.3) is 0 Å². The number of Topliss-reactive ketones (excluding diaryl/α,β-unsaturated/α-hetero) is 1. The van der Waals surface area contributed by atoms with E-state index in [0.29, 0.717) is 12.8 Å². The minimum Gasteiger partial charge on any atom is -0.326 e. The normalized spacial score (nSPS) is 13.6. The fraction of sp³-hybridized carbons (Fsp3) is 0.273. The van der Waals surface area contributed by atoms with Gasteiger partial charge in [0.15, 0.2) is 0 Å². The number of anilines is 1. The van der Waals surface area contributed by atoms with Gasteiger partial charge in [0.1, 0.15) is 5.78 Å². The Bertz CT molecular complexity index is 410. The number of benzene rings is 1. The van der Waals surface area contributed by atoms with Crippen LogP contribution in [0.1, 0.15) is 18.1 Å². The summed E-state index contributed by atoms with van der Waals surface area (Å²) in [5.74, 6) is 0.169. The topological polar surface area (TPSA) is 46.2 Å². The molecule has 1 aliphatic heterocycles. The summed E-state index contributed by atoms with van der Waals surface area (Å²) in [4.78, 5) is 22.0. The number of ketones is 1. The van der Waals surface area contributed by atoms with Gasteiger partial charge in [0, 0.05) is 12.1 Å². The molecule has 1 aliphatic rings. The Labute approximate surface area is 82.1 Å². The van der Waals surface area contributed by atoms with E-state index in [0.717, 1.165) is 16.8 Å². The molecular formula is C11H11NO2. The van der Waals surface area contributed by atoms with Crippen molar-refractivity contribution >= 4 is 17.4 Å². The molecule has 0 saturated heterocycles. The van der Waals surface area contributed by atoms with Crippen molar-refractivity contribution in [2.45, 2.75) is 19.8 Å². The van der Waals surface area contributed by atoms with Crippen LogP contribution in [0.25, 0.3) is 0 Å². The fourth-order valence-corrected chi connectivity index (χ4v) is 1.68. The average molecular weight is 189 g/mol. The summed E-state index contributed by atoms with van der Waals surface area (Å²) in [7, 11) is 0. The number of amides is 1. The van der Waals surface area contributed by atoms with Gasteiger partial charge in [-0.2, -0.15) is 0 Å². The van der Waals surface area contributed by atoms with Gasteiger partial charge < -0.3 is 5.32 Å². The second-order valence-electron chi connectivity index (χ2n) is 3.60. The maximum atomic E-state index is 11.1. The van der Waals surface area contributed by atoms with Crippen molar-refractivity contribution in [1.29, 1.82) is 0 Å². The second kappa shape index (κ2) is 3.25. The predicted octanol–water partition coefficient (Wildman–Crippen LogP) is 1.31. The number of hydrogen-bond acceptors (Lipinski definition) is 2. The van der Waals surface area contributed by atoms with Crippen LogP contribution in [0, 0.1) is 0 Å².